The molecule has 1 atom stereocenters. The maximum Gasteiger partial charge on any atom is 0.263 e. The fraction of sp³-hybridized carbons (Fsp3) is 0.235. The van der Waals surface area contributed by atoms with Crippen LogP contribution in [0.1, 0.15) is 12.0 Å². The second-order valence-corrected chi connectivity index (χ2v) is 7.45. The van der Waals surface area contributed by atoms with Gasteiger partial charge < -0.3 is 4.90 Å². The molecule has 0 bridgehead atoms. The minimum atomic E-state index is -3.46. The van der Waals surface area contributed by atoms with Crippen LogP contribution in [0.25, 0.3) is 0 Å². The molecule has 0 radical (unpaired) electrons. The molecule has 0 saturated carbocycles. The minimum absolute atomic E-state index is 0.0964. The average Bonchev–Trinajstić information content (AvgIpc) is 3.12. The quantitative estimate of drug-likeness (QED) is 0.918. The van der Waals surface area contributed by atoms with E-state index in [2.05, 4.69) is 26.7 Å². The van der Waals surface area contributed by atoms with Crippen molar-refractivity contribution in [2.45, 2.75) is 17.4 Å². The first-order chi connectivity index (χ1) is 11.1. The Balaban J connectivity index is 1.59. The van der Waals surface area contributed by atoms with Gasteiger partial charge in [0.15, 0.2) is 0 Å². The summed E-state index contributed by atoms with van der Waals surface area (Å²) in [6.45, 7) is 1.73. The monoisotopic (exact) mass is 327 g/mol. The van der Waals surface area contributed by atoms with E-state index >= 15 is 0 Å². The summed E-state index contributed by atoms with van der Waals surface area (Å²) >= 11 is 0. The minimum Gasteiger partial charge on any atom is -0.369 e. The summed E-state index contributed by atoms with van der Waals surface area (Å²) in [6, 6.07) is 17.3. The molecule has 2 aromatic carbocycles. The van der Waals surface area contributed by atoms with Crippen molar-refractivity contribution >= 4 is 21.5 Å². The summed E-state index contributed by atoms with van der Waals surface area (Å²) in [5, 5.41) is 0. The highest BCUT2D eigenvalue weighted by molar-refractivity contribution is 7.90. The van der Waals surface area contributed by atoms with Crippen LogP contribution in [0.15, 0.2) is 64.5 Å². The lowest BCUT2D eigenvalue weighted by Crippen LogP contribution is -2.25. The van der Waals surface area contributed by atoms with Gasteiger partial charge in [-0.05, 0) is 30.7 Å². The highest BCUT2D eigenvalue weighted by atomic mass is 32.2. The average molecular weight is 327 g/mol. The van der Waals surface area contributed by atoms with Gasteiger partial charge in [-0.15, -0.1) is 0 Å². The second-order valence-electron chi connectivity index (χ2n) is 5.80. The third-order valence-corrected chi connectivity index (χ3v) is 5.66. The number of aliphatic imine (C=N–C) groups is 1. The number of nitrogens with one attached hydrogen (secondary N) is 1. The number of para-hydroxylation sites is 1. The molecule has 0 spiro atoms. The summed E-state index contributed by atoms with van der Waals surface area (Å²) in [5.41, 5.74) is 1.85. The third kappa shape index (κ3) is 2.59. The van der Waals surface area contributed by atoms with E-state index in [1.54, 1.807) is 18.2 Å². The number of anilines is 1. The van der Waals surface area contributed by atoms with Gasteiger partial charge in [0.2, 0.25) is 0 Å². The van der Waals surface area contributed by atoms with Crippen LogP contribution in [0.5, 0.6) is 0 Å². The molecule has 23 heavy (non-hydrogen) atoms. The number of fused-ring (bicyclic) bond motifs is 1. The first kappa shape index (κ1) is 14.3. The van der Waals surface area contributed by atoms with Gasteiger partial charge in [0, 0.05) is 24.3 Å². The van der Waals surface area contributed by atoms with Crippen molar-refractivity contribution in [1.82, 2.24) is 4.72 Å². The van der Waals surface area contributed by atoms with Crippen molar-refractivity contribution in [2.75, 3.05) is 18.0 Å². The van der Waals surface area contributed by atoms with Gasteiger partial charge in [-0.2, -0.15) is 0 Å². The number of benzene rings is 2. The molecular formula is C17H17N3O2S. The Hall–Kier alpha value is -2.34. The predicted molar refractivity (Wildman–Crippen MR) is 90.4 cm³/mol. The highest BCUT2D eigenvalue weighted by Crippen LogP contribution is 2.25. The van der Waals surface area contributed by atoms with E-state index in [4.69, 9.17) is 0 Å². The zero-order valence-electron chi connectivity index (χ0n) is 12.5. The van der Waals surface area contributed by atoms with Crippen molar-refractivity contribution in [3.8, 4) is 0 Å². The molecule has 1 fully saturated rings. The SMILES string of the molecule is O=S1(=O)NC(=N[C@@H]2CCN(c3ccccc3)C2)c2ccccc21. The Kier molecular flexibility index (Phi) is 3.34. The molecule has 6 heteroatoms. The predicted octanol–water partition coefficient (Wildman–Crippen LogP) is 2.00. The standard InChI is InChI=1S/C17H17N3O2S/c21-23(22)16-9-5-4-8-15(16)17(19-23)18-13-10-11-20(12-13)14-6-2-1-3-7-14/h1-9,13H,10-12H2,(H,18,19)/t13-/m1/s1. The van der Waals surface area contributed by atoms with Crippen LogP contribution in [0, 0.1) is 0 Å². The van der Waals surface area contributed by atoms with E-state index < -0.39 is 10.0 Å². The smallest absolute Gasteiger partial charge is 0.263 e. The van der Waals surface area contributed by atoms with Crippen LogP contribution in [0.4, 0.5) is 5.69 Å². The molecule has 0 aliphatic carbocycles. The van der Waals surface area contributed by atoms with E-state index in [9.17, 15) is 8.42 Å². The van der Waals surface area contributed by atoms with Crippen molar-refractivity contribution in [2.24, 2.45) is 4.99 Å². The molecule has 0 amide bonds. The number of sulfonamides is 1. The lowest BCUT2D eigenvalue weighted by atomic mass is 10.2. The Morgan fingerprint density at radius 1 is 1.04 bits per heavy atom. The first-order valence-electron chi connectivity index (χ1n) is 7.63. The van der Waals surface area contributed by atoms with Gasteiger partial charge >= 0.3 is 0 Å². The molecule has 2 aliphatic heterocycles. The van der Waals surface area contributed by atoms with Gasteiger partial charge in [0.1, 0.15) is 5.84 Å². The number of hydrogen-bond donors (Lipinski definition) is 1. The van der Waals surface area contributed by atoms with Crippen molar-refractivity contribution in [1.29, 1.82) is 0 Å². The number of hydrogen-bond acceptors (Lipinski definition) is 4. The van der Waals surface area contributed by atoms with Crippen molar-refractivity contribution < 1.29 is 8.42 Å². The Bertz CT molecular complexity index is 862. The molecule has 1 saturated heterocycles. The Labute approximate surface area is 135 Å². The third-order valence-electron chi connectivity index (χ3n) is 4.26. The molecule has 2 aliphatic rings. The Morgan fingerprint density at radius 3 is 2.61 bits per heavy atom. The molecule has 4 rings (SSSR count). The van der Waals surface area contributed by atoms with Crippen LogP contribution in [-0.2, 0) is 10.0 Å². The fourth-order valence-electron chi connectivity index (χ4n) is 3.13. The normalized spacial score (nSPS) is 23.7. The van der Waals surface area contributed by atoms with E-state index in [0.717, 1.165) is 19.5 Å². The molecule has 0 unspecified atom stereocenters. The summed E-state index contributed by atoms with van der Waals surface area (Å²) in [4.78, 5) is 7.27. The first-order valence-corrected chi connectivity index (χ1v) is 9.12. The zero-order valence-corrected chi connectivity index (χ0v) is 13.3. The summed E-state index contributed by atoms with van der Waals surface area (Å²) in [7, 11) is -3.46. The van der Waals surface area contributed by atoms with Gasteiger partial charge in [-0.1, -0.05) is 30.3 Å². The van der Waals surface area contributed by atoms with Crippen LogP contribution in [-0.4, -0.2) is 33.4 Å². The molecule has 0 aromatic heterocycles. The second kappa shape index (κ2) is 5.38. The van der Waals surface area contributed by atoms with Crippen molar-refractivity contribution in [3.05, 3.63) is 60.2 Å². The van der Waals surface area contributed by atoms with E-state index in [0.29, 0.717) is 16.3 Å². The fourth-order valence-corrected chi connectivity index (χ4v) is 4.37. The summed E-state index contributed by atoms with van der Waals surface area (Å²) < 4.78 is 26.8. The number of nitrogens with zero attached hydrogens (tertiary/aromatic N) is 2. The van der Waals surface area contributed by atoms with Gasteiger partial charge in [-0.25, -0.2) is 8.42 Å². The Morgan fingerprint density at radius 2 is 1.78 bits per heavy atom. The topological polar surface area (TPSA) is 61.8 Å². The van der Waals surface area contributed by atoms with E-state index in [1.807, 2.05) is 24.3 Å². The highest BCUT2D eigenvalue weighted by Gasteiger charge is 2.32. The largest absolute Gasteiger partial charge is 0.369 e. The molecule has 2 aromatic rings. The molecule has 1 N–H and O–H groups in total. The molecule has 5 nitrogen and oxygen atoms in total. The molecular weight excluding hydrogens is 310 g/mol. The van der Waals surface area contributed by atoms with Crippen LogP contribution in [0.2, 0.25) is 0 Å². The maximum atomic E-state index is 12.1. The van der Waals surface area contributed by atoms with Crippen molar-refractivity contribution in [3.63, 3.8) is 0 Å². The van der Waals surface area contributed by atoms with Gasteiger partial charge in [0.25, 0.3) is 10.0 Å². The van der Waals surface area contributed by atoms with Gasteiger partial charge in [-0.3, -0.25) is 9.71 Å². The lowest BCUT2D eigenvalue weighted by Gasteiger charge is -2.17. The van der Waals surface area contributed by atoms with E-state index in [-0.39, 0.29) is 6.04 Å². The lowest BCUT2D eigenvalue weighted by molar-refractivity contribution is 0.595. The van der Waals surface area contributed by atoms with Gasteiger partial charge in [0.05, 0.1) is 10.9 Å². The number of amidine groups is 1. The van der Waals surface area contributed by atoms with E-state index in [1.165, 1.54) is 5.69 Å². The van der Waals surface area contributed by atoms with Crippen LogP contribution in [0.3, 0.4) is 0 Å². The summed E-state index contributed by atoms with van der Waals surface area (Å²) in [5.74, 6) is 0.473. The zero-order chi connectivity index (χ0) is 15.9. The number of rotatable bonds is 2. The summed E-state index contributed by atoms with van der Waals surface area (Å²) in [6.07, 6.45) is 0.919. The molecule has 2 heterocycles. The van der Waals surface area contributed by atoms with Crippen LogP contribution >= 0.6 is 0 Å². The molecule has 118 valence electrons. The van der Waals surface area contributed by atoms with Crippen LogP contribution < -0.4 is 9.62 Å². The maximum absolute atomic E-state index is 12.1.